The number of benzene rings is 2. The Kier molecular flexibility index (Phi) is 5.59. The van der Waals surface area contributed by atoms with Crippen LogP contribution in [0.5, 0.6) is 5.95 Å². The van der Waals surface area contributed by atoms with Crippen LogP contribution in [0.25, 0.3) is 5.69 Å². The first-order valence-corrected chi connectivity index (χ1v) is 9.17. The third-order valence-corrected chi connectivity index (χ3v) is 4.91. The van der Waals surface area contributed by atoms with Crippen LogP contribution < -0.4 is 15.1 Å². The number of hydrogen-bond donors (Lipinski definition) is 1. The molecule has 0 saturated heterocycles. The van der Waals surface area contributed by atoms with Crippen molar-refractivity contribution >= 4 is 29.0 Å². The second-order valence-corrected chi connectivity index (χ2v) is 6.97. The average Bonchev–Trinajstić information content (AvgIpc) is 3.02. The van der Waals surface area contributed by atoms with Gasteiger partial charge in [-0.3, -0.25) is 14.9 Å². The normalized spacial score (nSPS) is 10.6. The molecule has 0 unspecified atom stereocenters. The molecule has 9 nitrogen and oxygen atoms in total. The van der Waals surface area contributed by atoms with Gasteiger partial charge in [-0.25, -0.2) is 0 Å². The molecule has 10 heteroatoms. The minimum Gasteiger partial charge on any atom is -0.538 e. The van der Waals surface area contributed by atoms with Crippen molar-refractivity contribution in [1.29, 1.82) is 0 Å². The van der Waals surface area contributed by atoms with Crippen molar-refractivity contribution in [2.24, 2.45) is 0 Å². The van der Waals surface area contributed by atoms with E-state index >= 15 is 0 Å². The molecule has 0 fully saturated rings. The number of aromatic nitrogens is 2. The first-order chi connectivity index (χ1) is 13.3. The van der Waals surface area contributed by atoms with Crippen LogP contribution in [0.4, 0.5) is 11.4 Å². The molecule has 144 valence electrons. The second-order valence-electron chi connectivity index (χ2n) is 6.01. The Morgan fingerprint density at radius 2 is 1.96 bits per heavy atom. The monoisotopic (exact) mass is 400 g/mol. The van der Waals surface area contributed by atoms with E-state index in [-0.39, 0.29) is 22.4 Å². The molecule has 0 aliphatic carbocycles. The van der Waals surface area contributed by atoms with Crippen molar-refractivity contribution in [1.82, 2.24) is 5.27 Å². The second kappa shape index (κ2) is 8.09. The van der Waals surface area contributed by atoms with E-state index in [9.17, 15) is 20.0 Å². The number of thioether (sulfide) groups is 1. The van der Waals surface area contributed by atoms with E-state index in [1.165, 1.54) is 22.9 Å². The van der Waals surface area contributed by atoms with Crippen molar-refractivity contribution in [2.75, 3.05) is 11.1 Å². The van der Waals surface area contributed by atoms with E-state index in [0.717, 1.165) is 17.3 Å². The minimum atomic E-state index is -0.634. The highest BCUT2D eigenvalue weighted by molar-refractivity contribution is 7.99. The third kappa shape index (κ3) is 4.29. The third-order valence-electron chi connectivity index (χ3n) is 3.89. The summed E-state index contributed by atoms with van der Waals surface area (Å²) in [5, 5.41) is 29.3. The lowest BCUT2D eigenvalue weighted by Gasteiger charge is -2.07. The highest BCUT2D eigenvalue weighted by atomic mass is 32.2. The zero-order chi connectivity index (χ0) is 20.3. The van der Waals surface area contributed by atoms with Gasteiger partial charge in [0, 0.05) is 30.0 Å². The summed E-state index contributed by atoms with van der Waals surface area (Å²) in [6.45, 7) is 3.60. The van der Waals surface area contributed by atoms with Gasteiger partial charge in [-0.05, 0) is 41.9 Å². The zero-order valence-corrected chi connectivity index (χ0v) is 15.9. The quantitative estimate of drug-likeness (QED) is 0.291. The van der Waals surface area contributed by atoms with Crippen molar-refractivity contribution in [3.63, 3.8) is 0 Å². The first kappa shape index (κ1) is 19.4. The summed E-state index contributed by atoms with van der Waals surface area (Å²) in [6.07, 6.45) is 0. The van der Waals surface area contributed by atoms with E-state index in [1.807, 2.05) is 19.1 Å². The molecule has 2 aromatic carbocycles. The molecule has 0 aliphatic rings. The van der Waals surface area contributed by atoms with Crippen molar-refractivity contribution in [2.45, 2.75) is 18.9 Å². The van der Waals surface area contributed by atoms with Gasteiger partial charge in [-0.2, -0.15) is 0 Å². The summed E-state index contributed by atoms with van der Waals surface area (Å²) in [6, 6.07) is 11.5. The lowest BCUT2D eigenvalue weighted by Crippen LogP contribution is -2.35. The Balaban J connectivity index is 1.69. The fraction of sp³-hybridized carbons (Fsp3) is 0.167. The number of nitro groups is 1. The molecule has 1 amide bonds. The molecule has 28 heavy (non-hydrogen) atoms. The van der Waals surface area contributed by atoms with Gasteiger partial charge in [0.2, 0.25) is 11.6 Å². The first-order valence-electron chi connectivity index (χ1n) is 8.19. The van der Waals surface area contributed by atoms with Gasteiger partial charge in [-0.15, -0.1) is 0 Å². The molecular formula is C18H16N4O5S. The maximum Gasteiger partial charge on any atom is 0.298 e. The van der Waals surface area contributed by atoms with Crippen LogP contribution in [-0.2, 0) is 4.79 Å². The molecule has 0 radical (unpaired) electrons. The largest absolute Gasteiger partial charge is 0.538 e. The van der Waals surface area contributed by atoms with Gasteiger partial charge in [0.1, 0.15) is 0 Å². The SMILES string of the molecule is Cc1ccc(-[n+]2noc([O-])c2SCC(=O)Nc2ccc([N+](=O)[O-])cc2C)cc1. The van der Waals surface area contributed by atoms with E-state index in [1.54, 1.807) is 19.1 Å². The van der Waals surface area contributed by atoms with Crippen molar-refractivity contribution in [3.05, 3.63) is 63.7 Å². The number of nitrogens with zero attached hydrogens (tertiary/aromatic N) is 3. The summed E-state index contributed by atoms with van der Waals surface area (Å²) < 4.78 is 6.07. The van der Waals surface area contributed by atoms with Crippen molar-refractivity contribution < 1.29 is 24.0 Å². The van der Waals surface area contributed by atoms with E-state index in [2.05, 4.69) is 10.6 Å². The topological polar surface area (TPSA) is 125 Å². The highest BCUT2D eigenvalue weighted by Crippen LogP contribution is 2.25. The van der Waals surface area contributed by atoms with Gasteiger partial charge in [0.05, 0.1) is 15.9 Å². The Morgan fingerprint density at radius 1 is 1.25 bits per heavy atom. The Labute approximate surface area is 164 Å². The summed E-state index contributed by atoms with van der Waals surface area (Å²) >= 11 is 0.995. The number of hydrogen-bond acceptors (Lipinski definition) is 7. The van der Waals surface area contributed by atoms with Crippen LogP contribution >= 0.6 is 11.8 Å². The molecule has 1 heterocycles. The summed E-state index contributed by atoms with van der Waals surface area (Å²) in [5.41, 5.74) is 2.68. The molecule has 0 aliphatic heterocycles. The van der Waals surface area contributed by atoms with Crippen LogP contribution in [0.2, 0.25) is 0 Å². The average molecular weight is 400 g/mol. The number of carbonyl (C=O) groups excluding carboxylic acids is 1. The lowest BCUT2D eigenvalue weighted by atomic mass is 10.2. The summed E-state index contributed by atoms with van der Waals surface area (Å²) in [5.74, 6) is -1.05. The Hall–Kier alpha value is -3.40. The molecule has 3 aromatic rings. The number of non-ortho nitro benzene ring substituents is 1. The van der Waals surface area contributed by atoms with Crippen LogP contribution in [-0.4, -0.2) is 21.9 Å². The van der Waals surface area contributed by atoms with Gasteiger partial charge in [0.15, 0.2) is 5.95 Å². The van der Waals surface area contributed by atoms with Crippen LogP contribution in [0.3, 0.4) is 0 Å². The van der Waals surface area contributed by atoms with Gasteiger partial charge < -0.3 is 14.9 Å². The highest BCUT2D eigenvalue weighted by Gasteiger charge is 2.22. The van der Waals surface area contributed by atoms with E-state index < -0.39 is 10.9 Å². The molecule has 3 rings (SSSR count). The maximum absolute atomic E-state index is 12.3. The zero-order valence-electron chi connectivity index (χ0n) is 15.0. The standard InChI is InChI=1S/C18H16N4O5S/c1-11-3-5-13(6-4-11)21-17(18(24)27-20-21)28-10-16(23)19-15-8-7-14(22(25)26)9-12(15)2/h3-9H,10H2,1-2H3,(H-,19,20,23,24). The lowest BCUT2D eigenvalue weighted by molar-refractivity contribution is -0.705. The molecule has 0 saturated carbocycles. The molecule has 0 spiro atoms. The number of nitro benzene ring substituents is 1. The molecule has 1 aromatic heterocycles. The number of aryl methyl sites for hydroxylation is 2. The van der Waals surface area contributed by atoms with E-state index in [0.29, 0.717) is 16.9 Å². The Bertz CT molecular complexity index is 1030. The molecule has 0 atom stereocenters. The smallest absolute Gasteiger partial charge is 0.298 e. The molecule has 0 bridgehead atoms. The molecular weight excluding hydrogens is 384 g/mol. The van der Waals surface area contributed by atoms with E-state index in [4.69, 9.17) is 4.52 Å². The molecule has 1 N–H and O–H groups in total. The van der Waals surface area contributed by atoms with Crippen LogP contribution in [0.1, 0.15) is 11.1 Å². The number of rotatable bonds is 6. The summed E-state index contributed by atoms with van der Waals surface area (Å²) in [7, 11) is 0. The number of amides is 1. The van der Waals surface area contributed by atoms with Gasteiger partial charge in [0.25, 0.3) is 10.7 Å². The number of carbonyl (C=O) groups is 1. The predicted molar refractivity (Wildman–Crippen MR) is 99.4 cm³/mol. The number of anilines is 1. The number of nitrogens with one attached hydrogen (secondary N) is 1. The Morgan fingerprint density at radius 3 is 2.61 bits per heavy atom. The summed E-state index contributed by atoms with van der Waals surface area (Å²) in [4.78, 5) is 22.5. The van der Waals surface area contributed by atoms with Crippen LogP contribution in [0.15, 0.2) is 52.0 Å². The minimum absolute atomic E-state index is 0.0514. The van der Waals surface area contributed by atoms with Gasteiger partial charge in [-0.1, -0.05) is 17.7 Å². The van der Waals surface area contributed by atoms with Crippen molar-refractivity contribution in [3.8, 4) is 11.6 Å². The van der Waals surface area contributed by atoms with Crippen LogP contribution in [0, 0.1) is 24.0 Å². The predicted octanol–water partition coefficient (Wildman–Crippen LogP) is 2.28. The fourth-order valence-electron chi connectivity index (χ4n) is 2.43. The maximum atomic E-state index is 12.3. The van der Waals surface area contributed by atoms with Gasteiger partial charge >= 0.3 is 0 Å². The fourth-order valence-corrected chi connectivity index (χ4v) is 3.19.